The van der Waals surface area contributed by atoms with Gasteiger partial charge in [0.2, 0.25) is 5.91 Å². The van der Waals surface area contributed by atoms with E-state index >= 15 is 0 Å². The third-order valence-electron chi connectivity index (χ3n) is 5.67. The van der Waals surface area contributed by atoms with Gasteiger partial charge in [0.05, 0.1) is 11.6 Å². The summed E-state index contributed by atoms with van der Waals surface area (Å²) >= 11 is 0. The number of nitrogens with one attached hydrogen (secondary N) is 2. The third-order valence-corrected chi connectivity index (χ3v) is 5.67. The average Bonchev–Trinajstić information content (AvgIpc) is 2.90. The van der Waals surface area contributed by atoms with Gasteiger partial charge in [-0.2, -0.15) is 0 Å². The highest BCUT2D eigenvalue weighted by Crippen LogP contribution is 2.38. The number of H-pyrrole nitrogens is 1. The molecule has 1 aromatic heterocycles. The Morgan fingerprint density at radius 3 is 2.50 bits per heavy atom. The number of rotatable bonds is 2. The van der Waals surface area contributed by atoms with Crippen LogP contribution in [-0.2, 0) is 4.79 Å². The van der Waals surface area contributed by atoms with E-state index in [1.165, 1.54) is 19.3 Å². The van der Waals surface area contributed by atoms with Gasteiger partial charge in [0.1, 0.15) is 11.6 Å². The van der Waals surface area contributed by atoms with Crippen molar-refractivity contribution >= 4 is 11.7 Å². The highest BCUT2D eigenvalue weighted by molar-refractivity contribution is 5.94. The molecule has 2 aliphatic rings. The zero-order valence-corrected chi connectivity index (χ0v) is 14.8. The van der Waals surface area contributed by atoms with Crippen molar-refractivity contribution in [2.75, 3.05) is 5.32 Å². The number of fused-ring (bicyclic) bond motifs is 1. The van der Waals surface area contributed by atoms with E-state index in [9.17, 15) is 14.7 Å². The first kappa shape index (κ1) is 16.9. The molecule has 26 heavy (non-hydrogen) atoms. The number of hydrogen-bond acceptors (Lipinski definition) is 3. The molecule has 0 saturated heterocycles. The summed E-state index contributed by atoms with van der Waals surface area (Å²) in [6.45, 7) is 0. The van der Waals surface area contributed by atoms with Crippen molar-refractivity contribution in [2.24, 2.45) is 0 Å². The Kier molecular flexibility index (Phi) is 4.57. The van der Waals surface area contributed by atoms with Crippen LogP contribution in [-0.4, -0.2) is 20.8 Å². The molecule has 1 atom stereocenters. The minimum atomic E-state index is -0.329. The van der Waals surface area contributed by atoms with Crippen LogP contribution in [0.25, 0.3) is 0 Å². The second-order valence-electron chi connectivity index (χ2n) is 7.47. The standard InChI is InChI=1S/C20H25N3O3/c24-15-10-6-7-13(11-15)16-12-17(25)21-19-18(16)20(26)22-23(19)14-8-4-2-1-3-5-9-14/h6-7,10-11,14,16,24H,1-5,8-9,12H2,(H,21,25)(H,22,26)/t16-/m0/s1. The SMILES string of the molecule is O=C1C[C@@H](c2cccc(O)c2)c2c(n(C3CCCCCCC3)[nH]c2=O)N1. The number of aromatic nitrogens is 2. The largest absolute Gasteiger partial charge is 0.508 e. The van der Waals surface area contributed by atoms with Crippen molar-refractivity contribution < 1.29 is 9.90 Å². The number of anilines is 1. The second kappa shape index (κ2) is 7.02. The van der Waals surface area contributed by atoms with E-state index in [0.717, 1.165) is 31.2 Å². The van der Waals surface area contributed by atoms with Gasteiger partial charge in [0, 0.05) is 12.3 Å². The number of benzene rings is 1. The second-order valence-corrected chi connectivity index (χ2v) is 7.47. The Morgan fingerprint density at radius 2 is 1.77 bits per heavy atom. The van der Waals surface area contributed by atoms with Gasteiger partial charge >= 0.3 is 0 Å². The molecule has 1 aliphatic carbocycles. The number of carbonyl (C=O) groups is 1. The predicted molar refractivity (Wildman–Crippen MR) is 99.6 cm³/mol. The lowest BCUT2D eigenvalue weighted by Crippen LogP contribution is -2.27. The van der Waals surface area contributed by atoms with Crippen molar-refractivity contribution in [3.8, 4) is 5.75 Å². The van der Waals surface area contributed by atoms with Crippen LogP contribution in [0.4, 0.5) is 5.82 Å². The normalized spacial score (nSPS) is 21.5. The number of aromatic amines is 1. The van der Waals surface area contributed by atoms with Crippen LogP contribution in [0.2, 0.25) is 0 Å². The summed E-state index contributed by atoms with van der Waals surface area (Å²) < 4.78 is 1.90. The number of phenols is 1. The van der Waals surface area contributed by atoms with Crippen LogP contribution < -0.4 is 10.9 Å². The quantitative estimate of drug-likeness (QED) is 0.768. The Bertz CT molecular complexity index is 859. The maximum absolute atomic E-state index is 12.8. The topological polar surface area (TPSA) is 87.1 Å². The molecule has 1 aliphatic heterocycles. The van der Waals surface area contributed by atoms with E-state index in [2.05, 4.69) is 10.4 Å². The van der Waals surface area contributed by atoms with Crippen molar-refractivity contribution in [3.63, 3.8) is 0 Å². The van der Waals surface area contributed by atoms with Crippen LogP contribution in [0.15, 0.2) is 29.1 Å². The molecule has 3 N–H and O–H groups in total. The number of amides is 1. The fourth-order valence-corrected chi connectivity index (χ4v) is 4.38. The molecule has 1 fully saturated rings. The fourth-order valence-electron chi connectivity index (χ4n) is 4.38. The maximum Gasteiger partial charge on any atom is 0.270 e. The predicted octanol–water partition coefficient (Wildman–Crippen LogP) is 3.64. The monoisotopic (exact) mass is 355 g/mol. The van der Waals surface area contributed by atoms with Gasteiger partial charge < -0.3 is 10.4 Å². The Hall–Kier alpha value is -2.50. The van der Waals surface area contributed by atoms with Gasteiger partial charge in [0.25, 0.3) is 5.56 Å². The van der Waals surface area contributed by atoms with Gasteiger partial charge in [-0.15, -0.1) is 0 Å². The van der Waals surface area contributed by atoms with E-state index < -0.39 is 0 Å². The zero-order valence-electron chi connectivity index (χ0n) is 14.8. The van der Waals surface area contributed by atoms with Crippen LogP contribution in [0.5, 0.6) is 5.75 Å². The van der Waals surface area contributed by atoms with Crippen LogP contribution in [0, 0.1) is 0 Å². The molecular weight excluding hydrogens is 330 g/mol. The van der Waals surface area contributed by atoms with Crippen molar-refractivity contribution in [3.05, 3.63) is 45.7 Å². The fraction of sp³-hybridized carbons (Fsp3) is 0.500. The number of nitrogens with zero attached hydrogens (tertiary/aromatic N) is 1. The van der Waals surface area contributed by atoms with E-state index in [0.29, 0.717) is 11.4 Å². The molecule has 0 spiro atoms. The molecule has 0 radical (unpaired) electrons. The van der Waals surface area contributed by atoms with Gasteiger partial charge in [-0.3, -0.25) is 19.4 Å². The van der Waals surface area contributed by atoms with Gasteiger partial charge in [-0.25, -0.2) is 0 Å². The van der Waals surface area contributed by atoms with E-state index in [1.54, 1.807) is 18.2 Å². The highest BCUT2D eigenvalue weighted by Gasteiger charge is 2.34. The minimum Gasteiger partial charge on any atom is -0.508 e. The smallest absolute Gasteiger partial charge is 0.270 e. The summed E-state index contributed by atoms with van der Waals surface area (Å²) in [5.74, 6) is 0.338. The molecule has 2 heterocycles. The van der Waals surface area contributed by atoms with Crippen LogP contribution in [0.1, 0.15) is 74.5 Å². The van der Waals surface area contributed by atoms with Crippen molar-refractivity contribution in [1.82, 2.24) is 9.78 Å². The highest BCUT2D eigenvalue weighted by atomic mass is 16.3. The Morgan fingerprint density at radius 1 is 1.04 bits per heavy atom. The molecule has 138 valence electrons. The molecule has 1 aromatic carbocycles. The van der Waals surface area contributed by atoms with E-state index in [1.807, 2.05) is 10.7 Å². The van der Waals surface area contributed by atoms with E-state index in [-0.39, 0.29) is 35.6 Å². The molecule has 6 heteroatoms. The molecular formula is C20H25N3O3. The average molecular weight is 355 g/mol. The molecule has 0 bridgehead atoms. The number of phenolic OH excluding ortho intramolecular Hbond substituents is 1. The summed E-state index contributed by atoms with van der Waals surface area (Å²) in [4.78, 5) is 25.1. The first-order valence-corrected chi connectivity index (χ1v) is 9.56. The number of aromatic hydroxyl groups is 1. The number of hydrogen-bond donors (Lipinski definition) is 3. The first-order valence-electron chi connectivity index (χ1n) is 9.56. The van der Waals surface area contributed by atoms with Crippen LogP contribution in [0.3, 0.4) is 0 Å². The van der Waals surface area contributed by atoms with Crippen LogP contribution >= 0.6 is 0 Å². The Labute approximate surface area is 152 Å². The summed E-state index contributed by atoms with van der Waals surface area (Å²) in [5, 5.41) is 15.7. The molecule has 1 amide bonds. The zero-order chi connectivity index (χ0) is 18.1. The summed E-state index contributed by atoms with van der Waals surface area (Å²) in [5.41, 5.74) is 1.26. The van der Waals surface area contributed by atoms with E-state index in [4.69, 9.17) is 0 Å². The minimum absolute atomic E-state index is 0.0931. The maximum atomic E-state index is 12.8. The molecule has 6 nitrogen and oxygen atoms in total. The lowest BCUT2D eigenvalue weighted by molar-refractivity contribution is -0.116. The summed E-state index contributed by atoms with van der Waals surface area (Å²) in [7, 11) is 0. The van der Waals surface area contributed by atoms with Gasteiger partial charge in [-0.05, 0) is 30.5 Å². The van der Waals surface area contributed by atoms with Crippen molar-refractivity contribution in [2.45, 2.75) is 63.3 Å². The lowest BCUT2D eigenvalue weighted by atomic mass is 9.87. The van der Waals surface area contributed by atoms with Crippen molar-refractivity contribution in [1.29, 1.82) is 0 Å². The molecule has 2 aromatic rings. The first-order chi connectivity index (χ1) is 12.6. The molecule has 4 rings (SSSR count). The number of carbonyl (C=O) groups excluding carboxylic acids is 1. The van der Waals surface area contributed by atoms with Gasteiger partial charge in [0.15, 0.2) is 0 Å². The third kappa shape index (κ3) is 3.16. The molecule has 1 saturated carbocycles. The lowest BCUT2D eigenvalue weighted by Gasteiger charge is -2.27. The van der Waals surface area contributed by atoms with Gasteiger partial charge in [-0.1, -0.05) is 44.2 Å². The summed E-state index contributed by atoms with van der Waals surface area (Å²) in [6, 6.07) is 7.06. The molecule has 0 unspecified atom stereocenters. The Balaban J connectivity index is 1.76. The summed E-state index contributed by atoms with van der Waals surface area (Å²) in [6.07, 6.45) is 8.27.